The van der Waals surface area contributed by atoms with E-state index >= 15 is 0 Å². The first-order valence-corrected chi connectivity index (χ1v) is 6.41. The van der Waals surface area contributed by atoms with Crippen molar-refractivity contribution in [2.45, 2.75) is 31.0 Å². The summed E-state index contributed by atoms with van der Waals surface area (Å²) in [6.07, 6.45) is -3.20. The van der Waals surface area contributed by atoms with E-state index in [9.17, 15) is 18.0 Å². The van der Waals surface area contributed by atoms with Crippen LogP contribution in [0, 0.1) is 0 Å². The number of carbonyl (C=O) groups is 1. The second-order valence-electron chi connectivity index (χ2n) is 5.21. The van der Waals surface area contributed by atoms with Crippen molar-refractivity contribution in [3.63, 3.8) is 0 Å². The van der Waals surface area contributed by atoms with Gasteiger partial charge in [-0.25, -0.2) is 0 Å². The summed E-state index contributed by atoms with van der Waals surface area (Å²) in [5.74, 6) is -0.125. The molecular weight excluding hydrogens is 273 g/mol. The van der Waals surface area contributed by atoms with Gasteiger partial charge in [-0.2, -0.15) is 13.2 Å². The molecule has 1 fully saturated rings. The zero-order valence-corrected chi connectivity index (χ0v) is 10.6. The van der Waals surface area contributed by atoms with Crippen LogP contribution in [0.2, 0.25) is 0 Å². The first-order chi connectivity index (χ1) is 9.40. The van der Waals surface area contributed by atoms with Gasteiger partial charge < -0.3 is 9.47 Å². The number of halogens is 3. The number of hydrogen-bond acceptors (Lipinski definition) is 3. The van der Waals surface area contributed by atoms with Gasteiger partial charge in [-0.3, -0.25) is 4.79 Å². The van der Waals surface area contributed by atoms with E-state index in [1.54, 1.807) is 0 Å². The first-order valence-electron chi connectivity index (χ1n) is 6.41. The van der Waals surface area contributed by atoms with Crippen molar-refractivity contribution in [2.75, 3.05) is 13.2 Å². The predicted molar refractivity (Wildman–Crippen MR) is 63.8 cm³/mol. The number of rotatable bonds is 0. The number of ketones is 1. The standard InChI is InChI=1S/C14H13F3O3/c15-14(16,17)9-1-2-10-11(18)8-13(20-12(10)7-9)3-5-19-6-4-13/h1-2,7H,3-6,8H2. The van der Waals surface area contributed by atoms with Gasteiger partial charge in [0.25, 0.3) is 0 Å². The third-order valence-electron chi connectivity index (χ3n) is 3.82. The zero-order valence-electron chi connectivity index (χ0n) is 10.6. The Morgan fingerprint density at radius 2 is 1.85 bits per heavy atom. The molecule has 1 spiro atoms. The van der Waals surface area contributed by atoms with Gasteiger partial charge in [-0.15, -0.1) is 0 Å². The molecule has 2 aliphatic rings. The van der Waals surface area contributed by atoms with Crippen LogP contribution in [0.25, 0.3) is 0 Å². The quantitative estimate of drug-likeness (QED) is 0.734. The molecule has 3 rings (SSSR count). The number of fused-ring (bicyclic) bond motifs is 1. The number of alkyl halides is 3. The van der Waals surface area contributed by atoms with Crippen LogP contribution in [0.15, 0.2) is 18.2 Å². The molecule has 0 amide bonds. The smallest absolute Gasteiger partial charge is 0.416 e. The van der Waals surface area contributed by atoms with Crippen molar-refractivity contribution >= 4 is 5.78 Å². The lowest BCUT2D eigenvalue weighted by atomic mass is 9.84. The van der Waals surface area contributed by atoms with Crippen molar-refractivity contribution in [2.24, 2.45) is 0 Å². The number of hydrogen-bond donors (Lipinski definition) is 0. The zero-order chi connectivity index (χ0) is 14.4. The van der Waals surface area contributed by atoms with Gasteiger partial charge in [0.05, 0.1) is 30.8 Å². The van der Waals surface area contributed by atoms with Crippen molar-refractivity contribution in [1.29, 1.82) is 0 Å². The Morgan fingerprint density at radius 3 is 2.50 bits per heavy atom. The average molecular weight is 286 g/mol. The molecule has 0 atom stereocenters. The van der Waals surface area contributed by atoms with Crippen LogP contribution in [-0.4, -0.2) is 24.6 Å². The van der Waals surface area contributed by atoms with Crippen LogP contribution in [0.3, 0.4) is 0 Å². The highest BCUT2D eigenvalue weighted by molar-refractivity contribution is 6.00. The summed E-state index contributed by atoms with van der Waals surface area (Å²) < 4.78 is 49.2. The molecule has 0 saturated carbocycles. The molecule has 1 saturated heterocycles. The van der Waals surface area contributed by atoms with Crippen molar-refractivity contribution < 1.29 is 27.4 Å². The monoisotopic (exact) mass is 286 g/mol. The molecule has 6 heteroatoms. The van der Waals surface area contributed by atoms with Gasteiger partial charge in [-0.05, 0) is 18.2 Å². The summed E-state index contributed by atoms with van der Waals surface area (Å²) in [4.78, 5) is 12.1. The third kappa shape index (κ3) is 2.28. The maximum atomic E-state index is 12.7. The van der Waals surface area contributed by atoms with E-state index in [1.807, 2.05) is 0 Å². The van der Waals surface area contributed by atoms with Gasteiger partial charge in [0.1, 0.15) is 11.4 Å². The minimum absolute atomic E-state index is 0.0398. The van der Waals surface area contributed by atoms with E-state index in [-0.39, 0.29) is 23.5 Å². The maximum Gasteiger partial charge on any atom is 0.416 e. The van der Waals surface area contributed by atoms with Crippen LogP contribution in [0.1, 0.15) is 35.2 Å². The fraction of sp³-hybridized carbons (Fsp3) is 0.500. The van der Waals surface area contributed by atoms with E-state index in [0.29, 0.717) is 26.1 Å². The normalized spacial score (nSPS) is 21.4. The van der Waals surface area contributed by atoms with Crippen molar-refractivity contribution in [3.05, 3.63) is 29.3 Å². The topological polar surface area (TPSA) is 35.5 Å². The molecule has 2 aliphatic heterocycles. The molecule has 0 unspecified atom stereocenters. The Morgan fingerprint density at radius 1 is 1.15 bits per heavy atom. The van der Waals surface area contributed by atoms with Crippen molar-refractivity contribution in [1.82, 2.24) is 0 Å². The summed E-state index contributed by atoms with van der Waals surface area (Å²) >= 11 is 0. The first kappa shape index (κ1) is 13.4. The largest absolute Gasteiger partial charge is 0.486 e. The Kier molecular flexibility index (Phi) is 3.01. The van der Waals surface area contributed by atoms with Crippen LogP contribution in [0.5, 0.6) is 5.75 Å². The van der Waals surface area contributed by atoms with Gasteiger partial charge in [-0.1, -0.05) is 0 Å². The lowest BCUT2D eigenvalue weighted by Crippen LogP contribution is -2.46. The van der Waals surface area contributed by atoms with E-state index in [0.717, 1.165) is 12.1 Å². The average Bonchev–Trinajstić information content (AvgIpc) is 2.37. The lowest BCUT2D eigenvalue weighted by molar-refractivity contribution is -0.138. The summed E-state index contributed by atoms with van der Waals surface area (Å²) in [6, 6.07) is 3.04. The third-order valence-corrected chi connectivity index (χ3v) is 3.82. The van der Waals surface area contributed by atoms with E-state index in [4.69, 9.17) is 9.47 Å². The van der Waals surface area contributed by atoms with Gasteiger partial charge >= 0.3 is 6.18 Å². The number of benzene rings is 1. The number of ether oxygens (including phenoxy) is 2. The SMILES string of the molecule is O=C1CC2(CCOCC2)Oc2cc(C(F)(F)F)ccc21. The Labute approximate surface area is 113 Å². The van der Waals surface area contributed by atoms with E-state index in [2.05, 4.69) is 0 Å². The molecule has 0 N–H and O–H groups in total. The van der Waals surface area contributed by atoms with Crippen LogP contribution >= 0.6 is 0 Å². The molecule has 0 aliphatic carbocycles. The van der Waals surface area contributed by atoms with Crippen LogP contribution in [-0.2, 0) is 10.9 Å². The summed E-state index contributed by atoms with van der Waals surface area (Å²) in [5, 5.41) is 0. The van der Waals surface area contributed by atoms with Gasteiger partial charge in [0, 0.05) is 12.8 Å². The highest BCUT2D eigenvalue weighted by Gasteiger charge is 2.42. The summed E-state index contributed by atoms with van der Waals surface area (Å²) in [5.41, 5.74) is -1.27. The molecule has 0 aromatic heterocycles. The minimum Gasteiger partial charge on any atom is -0.486 e. The fourth-order valence-electron chi connectivity index (χ4n) is 2.69. The molecule has 0 radical (unpaired) electrons. The Bertz CT molecular complexity index is 545. The highest BCUT2D eigenvalue weighted by Crippen LogP contribution is 2.41. The van der Waals surface area contributed by atoms with Crippen LogP contribution < -0.4 is 4.74 Å². The molecule has 3 nitrogen and oxygen atoms in total. The molecule has 108 valence electrons. The molecule has 1 aromatic carbocycles. The lowest BCUT2D eigenvalue weighted by Gasteiger charge is -2.40. The minimum atomic E-state index is -4.44. The number of Topliss-reactive ketones (excluding diaryl/α,β-unsaturated/α-hetero) is 1. The highest BCUT2D eigenvalue weighted by atomic mass is 19.4. The van der Waals surface area contributed by atoms with Gasteiger partial charge in [0.15, 0.2) is 5.78 Å². The second kappa shape index (κ2) is 4.48. The molecule has 1 aromatic rings. The summed E-state index contributed by atoms with van der Waals surface area (Å²) in [7, 11) is 0. The Hall–Kier alpha value is -1.56. The predicted octanol–water partition coefficient (Wildman–Crippen LogP) is 3.22. The number of carbonyl (C=O) groups excluding carboxylic acids is 1. The van der Waals surface area contributed by atoms with Crippen molar-refractivity contribution in [3.8, 4) is 5.75 Å². The molecule has 0 bridgehead atoms. The molecule has 2 heterocycles. The molecule has 20 heavy (non-hydrogen) atoms. The fourth-order valence-corrected chi connectivity index (χ4v) is 2.69. The maximum absolute atomic E-state index is 12.7. The van der Waals surface area contributed by atoms with E-state index < -0.39 is 17.3 Å². The van der Waals surface area contributed by atoms with Gasteiger partial charge in [0.2, 0.25) is 0 Å². The van der Waals surface area contributed by atoms with Crippen LogP contribution in [0.4, 0.5) is 13.2 Å². The summed E-state index contributed by atoms with van der Waals surface area (Å²) in [6.45, 7) is 0.920. The second-order valence-corrected chi connectivity index (χ2v) is 5.21. The Balaban J connectivity index is 1.98. The van der Waals surface area contributed by atoms with E-state index in [1.165, 1.54) is 6.07 Å². The molecular formula is C14H13F3O3.